The van der Waals surface area contributed by atoms with E-state index in [2.05, 4.69) is 44.2 Å². The van der Waals surface area contributed by atoms with Gasteiger partial charge in [0.15, 0.2) is 11.2 Å². The van der Waals surface area contributed by atoms with Gasteiger partial charge in [0.2, 0.25) is 0 Å². The lowest BCUT2D eigenvalue weighted by Gasteiger charge is -2.05. The molecule has 0 spiro atoms. The Balaban J connectivity index is 0.914. The fourth-order valence-electron chi connectivity index (χ4n) is 5.82. The fraction of sp³-hybridized carbons (Fsp3) is 0.0526. The van der Waals surface area contributed by atoms with Gasteiger partial charge in [-0.1, -0.05) is 60.7 Å². The van der Waals surface area contributed by atoms with E-state index in [1.165, 1.54) is 0 Å². The van der Waals surface area contributed by atoms with Crippen LogP contribution in [0.1, 0.15) is 22.3 Å². The zero-order valence-corrected chi connectivity index (χ0v) is 25.0. The van der Waals surface area contributed by atoms with Crippen LogP contribution in [-0.4, -0.2) is 19.9 Å². The summed E-state index contributed by atoms with van der Waals surface area (Å²) in [5.74, 6) is 0.411. The van der Waals surface area contributed by atoms with E-state index in [9.17, 15) is 9.59 Å². The maximum Gasteiger partial charge on any atom is 0.347 e. The summed E-state index contributed by atoms with van der Waals surface area (Å²) < 4.78 is 22.5. The van der Waals surface area contributed by atoms with Gasteiger partial charge in [0.25, 0.3) is 23.6 Å². The Morgan fingerprint density at radius 1 is 0.396 bits per heavy atom. The van der Waals surface area contributed by atoms with Crippen LogP contribution in [0.3, 0.4) is 0 Å². The Morgan fingerprint density at radius 2 is 0.771 bits per heavy atom. The topological polar surface area (TPSA) is 138 Å². The quantitative estimate of drug-likeness (QED) is 0.182. The van der Waals surface area contributed by atoms with Crippen molar-refractivity contribution in [1.82, 2.24) is 19.9 Å². The van der Waals surface area contributed by atoms with Gasteiger partial charge in [-0.3, -0.25) is 0 Å². The minimum Gasteiger partial charge on any atom is -0.432 e. The molecule has 0 aliphatic heterocycles. The van der Waals surface area contributed by atoms with Crippen LogP contribution in [-0.2, 0) is 12.8 Å². The van der Waals surface area contributed by atoms with E-state index in [0.29, 0.717) is 56.8 Å². The first kappa shape index (κ1) is 27.6. The molecule has 230 valence electrons. The molecule has 10 heteroatoms. The predicted molar refractivity (Wildman–Crippen MR) is 179 cm³/mol. The van der Waals surface area contributed by atoms with Crippen LogP contribution >= 0.6 is 0 Å². The number of hydrogen-bond acceptors (Lipinski definition) is 10. The van der Waals surface area contributed by atoms with Crippen molar-refractivity contribution in [2.45, 2.75) is 12.8 Å². The van der Waals surface area contributed by atoms with Crippen molar-refractivity contribution in [3.05, 3.63) is 152 Å². The molecule has 0 radical (unpaired) electrons. The maximum atomic E-state index is 12.4. The summed E-state index contributed by atoms with van der Waals surface area (Å²) in [5.41, 5.74) is 6.95. The Bertz CT molecular complexity index is 2600. The highest BCUT2D eigenvalue weighted by Gasteiger charge is 2.17. The number of aromatic nitrogens is 4. The van der Waals surface area contributed by atoms with Gasteiger partial charge in [-0.15, -0.1) is 0 Å². The van der Waals surface area contributed by atoms with Crippen molar-refractivity contribution >= 4 is 44.0 Å². The molecule has 9 rings (SSSR count). The number of benzene rings is 5. The molecule has 10 nitrogen and oxygen atoms in total. The normalized spacial score (nSPS) is 11.7. The van der Waals surface area contributed by atoms with Crippen LogP contribution in [0.15, 0.2) is 136 Å². The molecule has 5 aromatic carbocycles. The van der Waals surface area contributed by atoms with Crippen LogP contribution < -0.4 is 11.3 Å². The van der Waals surface area contributed by atoms with Crippen LogP contribution in [0.4, 0.5) is 0 Å². The highest BCUT2D eigenvalue weighted by Crippen LogP contribution is 2.27. The first-order valence-electron chi connectivity index (χ1n) is 15.2. The molecule has 48 heavy (non-hydrogen) atoms. The van der Waals surface area contributed by atoms with Crippen LogP contribution in [0, 0.1) is 0 Å². The number of fused-ring (bicyclic) bond motifs is 4. The van der Waals surface area contributed by atoms with Crippen molar-refractivity contribution in [2.75, 3.05) is 0 Å². The van der Waals surface area contributed by atoms with Crippen LogP contribution in [0.2, 0.25) is 0 Å². The number of oxazole rings is 2. The molecule has 0 saturated carbocycles. The molecule has 4 heterocycles. The third-order valence-corrected chi connectivity index (χ3v) is 8.18. The van der Waals surface area contributed by atoms with Crippen LogP contribution in [0.25, 0.3) is 67.6 Å². The van der Waals surface area contributed by atoms with E-state index in [1.54, 1.807) is 36.4 Å². The summed E-state index contributed by atoms with van der Waals surface area (Å²) in [5, 5.41) is 0.812. The molecule has 0 fully saturated rings. The zero-order valence-electron chi connectivity index (χ0n) is 25.0. The lowest BCUT2D eigenvalue weighted by Crippen LogP contribution is -2.02. The first-order chi connectivity index (χ1) is 23.5. The molecule has 0 aliphatic carbocycles. The summed E-state index contributed by atoms with van der Waals surface area (Å²) in [4.78, 5) is 42.8. The van der Waals surface area contributed by atoms with Gasteiger partial charge >= 0.3 is 11.3 Å². The second-order valence-electron chi connectivity index (χ2n) is 11.5. The van der Waals surface area contributed by atoms with Gasteiger partial charge in [0.1, 0.15) is 11.0 Å². The predicted octanol–water partition coefficient (Wildman–Crippen LogP) is 7.49. The van der Waals surface area contributed by atoms with Gasteiger partial charge in [-0.25, -0.2) is 29.5 Å². The van der Waals surface area contributed by atoms with Crippen molar-refractivity contribution in [3.63, 3.8) is 0 Å². The number of nitrogens with zero attached hydrogens (tertiary/aromatic N) is 4. The molecule has 4 aromatic heterocycles. The summed E-state index contributed by atoms with van der Waals surface area (Å²) in [6, 6.07) is 34.1. The van der Waals surface area contributed by atoms with Gasteiger partial charge in [-0.05, 0) is 83.6 Å². The molecule has 0 saturated heterocycles. The summed E-state index contributed by atoms with van der Waals surface area (Å²) in [6.45, 7) is 0. The van der Waals surface area contributed by atoms with Crippen LogP contribution in [0.5, 0.6) is 0 Å². The van der Waals surface area contributed by atoms with E-state index in [0.717, 1.165) is 22.3 Å². The van der Waals surface area contributed by atoms with E-state index in [4.69, 9.17) is 17.7 Å². The Kier molecular flexibility index (Phi) is 6.32. The minimum atomic E-state index is -0.486. The average molecular weight is 631 g/mol. The van der Waals surface area contributed by atoms with Gasteiger partial charge in [0.05, 0.1) is 21.8 Å². The summed E-state index contributed by atoms with van der Waals surface area (Å²) in [6.07, 6.45) is 1.41. The minimum absolute atomic E-state index is 0.0467. The Hall–Kier alpha value is -6.68. The third-order valence-electron chi connectivity index (χ3n) is 8.18. The first-order valence-corrected chi connectivity index (χ1v) is 15.2. The molecule has 9 aromatic rings. The SMILES string of the molecule is O=c1oc(-c2nc3cc(Cc4ccc(Cc5ccc6oc(-c7nc8ccccc8c(=O)o7)nc6c5)cc4)ccc3o2)nc2ccccc12. The van der Waals surface area contributed by atoms with Gasteiger partial charge in [0, 0.05) is 0 Å². The number of rotatable bonds is 6. The van der Waals surface area contributed by atoms with E-state index >= 15 is 0 Å². The lowest BCUT2D eigenvalue weighted by molar-refractivity contribution is 0.486. The molecule has 0 N–H and O–H groups in total. The second-order valence-corrected chi connectivity index (χ2v) is 11.5. The van der Waals surface area contributed by atoms with Crippen molar-refractivity contribution < 1.29 is 17.7 Å². The lowest BCUT2D eigenvalue weighted by atomic mass is 10.00. The average Bonchev–Trinajstić information content (AvgIpc) is 3.73. The van der Waals surface area contributed by atoms with Crippen molar-refractivity contribution in [3.8, 4) is 23.6 Å². The summed E-state index contributed by atoms with van der Waals surface area (Å²) >= 11 is 0. The molecule has 0 unspecified atom stereocenters. The van der Waals surface area contributed by atoms with E-state index < -0.39 is 11.3 Å². The Labute approximate surface area is 270 Å². The van der Waals surface area contributed by atoms with Crippen molar-refractivity contribution in [1.29, 1.82) is 0 Å². The second kappa shape index (κ2) is 11.0. The number of hydrogen-bond donors (Lipinski definition) is 0. The monoisotopic (exact) mass is 630 g/mol. The molecule has 0 aliphatic rings. The fourth-order valence-corrected chi connectivity index (χ4v) is 5.82. The summed E-state index contributed by atoms with van der Waals surface area (Å²) in [7, 11) is 0. The van der Waals surface area contributed by atoms with Crippen molar-refractivity contribution in [2.24, 2.45) is 0 Å². The third kappa shape index (κ3) is 5.01. The van der Waals surface area contributed by atoms with E-state index in [-0.39, 0.29) is 23.6 Å². The molecule has 0 bridgehead atoms. The highest BCUT2D eigenvalue weighted by molar-refractivity contribution is 5.81. The molecular formula is C38H22N4O6. The molecule has 0 amide bonds. The molecular weight excluding hydrogens is 608 g/mol. The number of para-hydroxylation sites is 2. The highest BCUT2D eigenvalue weighted by atomic mass is 16.4. The van der Waals surface area contributed by atoms with Gasteiger partial charge in [-0.2, -0.15) is 0 Å². The molecule has 0 atom stereocenters. The Morgan fingerprint density at radius 3 is 1.23 bits per heavy atom. The standard InChI is InChI=1S/C38H22N4O6/c43-37-25-5-1-3-7-27(25)39-35(47-37)33-41-29-19-23(13-15-31(29)45-33)17-21-9-11-22(12-10-21)18-24-14-16-32-30(20-24)42-34(46-32)36-40-28-8-4-2-6-26(28)38(44)48-36/h1-16,19-20H,17-18H2. The van der Waals surface area contributed by atoms with Gasteiger partial charge < -0.3 is 17.7 Å². The van der Waals surface area contributed by atoms with E-state index in [1.807, 2.05) is 48.5 Å². The smallest absolute Gasteiger partial charge is 0.347 e. The zero-order chi connectivity index (χ0) is 32.2. The largest absolute Gasteiger partial charge is 0.432 e. The maximum absolute atomic E-state index is 12.4.